The van der Waals surface area contributed by atoms with Crippen molar-refractivity contribution in [3.8, 4) is 0 Å². The Hall–Kier alpha value is -0.950. The van der Waals surface area contributed by atoms with E-state index >= 15 is 0 Å². The topological polar surface area (TPSA) is 73.4 Å². The van der Waals surface area contributed by atoms with Crippen LogP contribution in [0, 0.1) is 0 Å². The van der Waals surface area contributed by atoms with Gasteiger partial charge >= 0.3 is 0 Å². The molecule has 3 atom stereocenters. The average Bonchev–Trinajstić information content (AvgIpc) is 2.94. The van der Waals surface area contributed by atoms with Crippen LogP contribution in [-0.4, -0.2) is 65.0 Å². The quantitative estimate of drug-likeness (QED) is 0.708. The highest BCUT2D eigenvalue weighted by Gasteiger charge is 2.40. The number of H-pyrrole nitrogens is 1. The van der Waals surface area contributed by atoms with Crippen LogP contribution >= 0.6 is 0 Å². The molecule has 1 aliphatic rings. The maximum absolute atomic E-state index is 9.79. The van der Waals surface area contributed by atoms with Gasteiger partial charge in [-0.15, -0.1) is 0 Å². The van der Waals surface area contributed by atoms with E-state index in [1.165, 1.54) is 0 Å². The third-order valence-electron chi connectivity index (χ3n) is 4.16. The highest BCUT2D eigenvalue weighted by molar-refractivity contribution is 5.03. The second-order valence-corrected chi connectivity index (χ2v) is 5.47. The first kappa shape index (κ1) is 14.5. The van der Waals surface area contributed by atoms with Gasteiger partial charge in [0.25, 0.3) is 0 Å². The molecule has 0 spiro atoms. The molecule has 1 aromatic rings. The number of nitrogens with zero attached hydrogens (tertiary/aromatic N) is 2. The molecule has 1 saturated heterocycles. The van der Waals surface area contributed by atoms with E-state index in [4.69, 9.17) is 4.74 Å². The number of aromatic amines is 1. The fourth-order valence-electron chi connectivity index (χ4n) is 2.45. The predicted octanol–water partition coefficient (Wildman–Crippen LogP) is 0.142. The molecule has 19 heavy (non-hydrogen) atoms. The number of aromatic nitrogens is 2. The summed E-state index contributed by atoms with van der Waals surface area (Å²) in [5.41, 5.74) is 0.687. The van der Waals surface area contributed by atoms with Crippen molar-refractivity contribution in [3.05, 3.63) is 18.2 Å². The number of morpholine rings is 1. The smallest absolute Gasteiger partial charge is 0.0922 e. The van der Waals surface area contributed by atoms with Gasteiger partial charge in [-0.05, 0) is 20.9 Å². The van der Waals surface area contributed by atoms with Gasteiger partial charge in [-0.1, -0.05) is 0 Å². The molecule has 0 radical (unpaired) electrons. The maximum atomic E-state index is 9.79. The van der Waals surface area contributed by atoms with Crippen LogP contribution in [0.15, 0.2) is 12.5 Å². The van der Waals surface area contributed by atoms with Crippen LogP contribution in [0.2, 0.25) is 0 Å². The fraction of sp³-hybridized carbons (Fsp3) is 0.769. The molecule has 1 unspecified atom stereocenters. The predicted molar refractivity (Wildman–Crippen MR) is 72.9 cm³/mol. The van der Waals surface area contributed by atoms with E-state index in [9.17, 15) is 5.11 Å². The van der Waals surface area contributed by atoms with Gasteiger partial charge in [0.1, 0.15) is 0 Å². The van der Waals surface area contributed by atoms with E-state index in [2.05, 4.69) is 34.0 Å². The molecule has 1 aliphatic heterocycles. The lowest BCUT2D eigenvalue weighted by Crippen LogP contribution is -2.65. The number of aliphatic hydroxyl groups is 1. The monoisotopic (exact) mass is 268 g/mol. The SMILES string of the molecule is CC(NC[C@]1(CO)COC[C@@H](C)N1C)c1cnc[nH]1. The van der Waals surface area contributed by atoms with Crippen LogP contribution < -0.4 is 5.32 Å². The van der Waals surface area contributed by atoms with Crippen LogP contribution in [-0.2, 0) is 4.74 Å². The fourth-order valence-corrected chi connectivity index (χ4v) is 2.45. The summed E-state index contributed by atoms with van der Waals surface area (Å²) in [5.74, 6) is 0. The minimum atomic E-state index is -0.355. The minimum Gasteiger partial charge on any atom is -0.394 e. The first-order chi connectivity index (χ1) is 9.09. The van der Waals surface area contributed by atoms with Crippen LogP contribution in [0.25, 0.3) is 0 Å². The second kappa shape index (κ2) is 6.00. The van der Waals surface area contributed by atoms with Gasteiger partial charge in [0, 0.05) is 24.8 Å². The van der Waals surface area contributed by atoms with Crippen molar-refractivity contribution < 1.29 is 9.84 Å². The number of likely N-dealkylation sites (N-methyl/N-ethyl adjacent to an activating group) is 1. The molecule has 0 aliphatic carbocycles. The second-order valence-electron chi connectivity index (χ2n) is 5.47. The van der Waals surface area contributed by atoms with Crippen molar-refractivity contribution in [2.24, 2.45) is 0 Å². The number of nitrogens with one attached hydrogen (secondary N) is 2. The van der Waals surface area contributed by atoms with Crippen LogP contribution in [0.4, 0.5) is 0 Å². The Balaban J connectivity index is 1.98. The molecular weight excluding hydrogens is 244 g/mol. The molecule has 0 amide bonds. The Bertz CT molecular complexity index is 384. The summed E-state index contributed by atoms with van der Waals surface area (Å²) in [4.78, 5) is 9.33. The van der Waals surface area contributed by atoms with Crippen LogP contribution in [0.1, 0.15) is 25.6 Å². The number of aliphatic hydroxyl groups excluding tert-OH is 1. The lowest BCUT2D eigenvalue weighted by atomic mass is 9.95. The molecule has 6 heteroatoms. The van der Waals surface area contributed by atoms with Gasteiger partial charge in [-0.25, -0.2) is 4.98 Å². The molecule has 3 N–H and O–H groups in total. The van der Waals surface area contributed by atoms with Crippen molar-refractivity contribution >= 4 is 0 Å². The molecule has 0 bridgehead atoms. The summed E-state index contributed by atoms with van der Waals surface area (Å²) in [6, 6.07) is 0.474. The highest BCUT2D eigenvalue weighted by Crippen LogP contribution is 2.22. The molecule has 1 fully saturated rings. The summed E-state index contributed by atoms with van der Waals surface area (Å²) in [5, 5.41) is 13.2. The molecule has 0 saturated carbocycles. The largest absolute Gasteiger partial charge is 0.394 e. The molecule has 108 valence electrons. The lowest BCUT2D eigenvalue weighted by Gasteiger charge is -2.47. The van der Waals surface area contributed by atoms with Gasteiger partial charge < -0.3 is 20.1 Å². The van der Waals surface area contributed by atoms with Gasteiger partial charge in [-0.2, -0.15) is 0 Å². The number of imidazole rings is 1. The van der Waals surface area contributed by atoms with Crippen molar-refractivity contribution in [1.29, 1.82) is 0 Å². The van der Waals surface area contributed by atoms with Crippen LogP contribution in [0.5, 0.6) is 0 Å². The zero-order chi connectivity index (χ0) is 13.9. The van der Waals surface area contributed by atoms with E-state index in [0.29, 0.717) is 25.8 Å². The molecular formula is C13H24N4O2. The van der Waals surface area contributed by atoms with Crippen molar-refractivity contribution in [1.82, 2.24) is 20.2 Å². The Kier molecular flexibility index (Phi) is 4.57. The van der Waals surface area contributed by atoms with Crippen molar-refractivity contribution in [3.63, 3.8) is 0 Å². The third kappa shape index (κ3) is 2.97. The normalized spacial score (nSPS) is 30.4. The molecule has 2 rings (SSSR count). The summed E-state index contributed by atoms with van der Waals surface area (Å²) in [7, 11) is 2.05. The summed E-state index contributed by atoms with van der Waals surface area (Å²) < 4.78 is 5.62. The van der Waals surface area contributed by atoms with Crippen LogP contribution in [0.3, 0.4) is 0 Å². The Morgan fingerprint density at radius 2 is 2.53 bits per heavy atom. The average molecular weight is 268 g/mol. The zero-order valence-electron chi connectivity index (χ0n) is 11.9. The number of rotatable bonds is 5. The molecule has 6 nitrogen and oxygen atoms in total. The molecule has 0 aromatic carbocycles. The Morgan fingerprint density at radius 1 is 1.74 bits per heavy atom. The maximum Gasteiger partial charge on any atom is 0.0922 e. The number of hydrogen-bond donors (Lipinski definition) is 3. The Labute approximate surface area is 114 Å². The van der Waals surface area contributed by atoms with Gasteiger partial charge in [0.15, 0.2) is 0 Å². The standard InChI is InChI=1S/C13H24N4O2/c1-10-5-19-8-13(7-18,17(10)3)6-15-11(2)12-4-14-9-16-12/h4,9-11,15,18H,5-8H2,1-3H3,(H,14,16)/t10-,11?,13+/m1/s1. The van der Waals surface area contributed by atoms with Gasteiger partial charge in [0.2, 0.25) is 0 Å². The zero-order valence-corrected chi connectivity index (χ0v) is 11.9. The van der Waals surface area contributed by atoms with E-state index in [1.54, 1.807) is 6.33 Å². The van der Waals surface area contributed by atoms with Crippen molar-refractivity contribution in [2.75, 3.05) is 33.4 Å². The summed E-state index contributed by atoms with van der Waals surface area (Å²) in [6.07, 6.45) is 3.49. The summed E-state index contributed by atoms with van der Waals surface area (Å²) in [6.45, 7) is 6.20. The molecule has 1 aromatic heterocycles. The van der Waals surface area contributed by atoms with E-state index in [0.717, 1.165) is 5.69 Å². The lowest BCUT2D eigenvalue weighted by molar-refractivity contribution is -0.106. The van der Waals surface area contributed by atoms with Crippen molar-refractivity contribution in [2.45, 2.75) is 31.5 Å². The molecule has 2 heterocycles. The minimum absolute atomic E-state index is 0.0799. The first-order valence-corrected chi connectivity index (χ1v) is 6.72. The van der Waals surface area contributed by atoms with E-state index in [-0.39, 0.29) is 18.2 Å². The highest BCUT2D eigenvalue weighted by atomic mass is 16.5. The Morgan fingerprint density at radius 3 is 3.16 bits per heavy atom. The van der Waals surface area contributed by atoms with Gasteiger partial charge in [0.05, 0.1) is 37.4 Å². The first-order valence-electron chi connectivity index (χ1n) is 6.72. The summed E-state index contributed by atoms with van der Waals surface area (Å²) >= 11 is 0. The van der Waals surface area contributed by atoms with Gasteiger partial charge in [-0.3, -0.25) is 4.90 Å². The van der Waals surface area contributed by atoms with E-state index in [1.807, 2.05) is 13.2 Å². The number of ether oxygens (including phenoxy) is 1. The van der Waals surface area contributed by atoms with E-state index < -0.39 is 0 Å². The third-order valence-corrected chi connectivity index (χ3v) is 4.16. The number of hydrogen-bond acceptors (Lipinski definition) is 5.